The van der Waals surface area contributed by atoms with Gasteiger partial charge in [0.2, 0.25) is 0 Å². The molecule has 1 aromatic carbocycles. The fourth-order valence-electron chi connectivity index (χ4n) is 2.46. The molecule has 2 heterocycles. The van der Waals surface area contributed by atoms with E-state index in [1.54, 1.807) is 4.90 Å². The largest absolute Gasteiger partial charge is 0.486 e. The van der Waals surface area contributed by atoms with Crippen molar-refractivity contribution in [3.63, 3.8) is 0 Å². The van der Waals surface area contributed by atoms with Gasteiger partial charge in [0.05, 0.1) is 6.54 Å². The molecule has 0 aliphatic carbocycles. The molecule has 0 saturated carbocycles. The first kappa shape index (κ1) is 14.6. The minimum absolute atomic E-state index is 0.241. The highest BCUT2D eigenvalue weighted by Gasteiger charge is 2.25. The number of para-hydroxylation sites is 2. The van der Waals surface area contributed by atoms with Crippen LogP contribution < -0.4 is 20.1 Å². The molecule has 2 aliphatic rings. The monoisotopic (exact) mass is 305 g/mol. The Kier molecular flexibility index (Phi) is 4.43. The van der Waals surface area contributed by atoms with Crippen LogP contribution in [0, 0.1) is 0 Å². The van der Waals surface area contributed by atoms with Gasteiger partial charge in [-0.05, 0) is 12.1 Å². The summed E-state index contributed by atoms with van der Waals surface area (Å²) in [5.41, 5.74) is 0. The minimum Gasteiger partial charge on any atom is -0.486 e. The molecule has 1 atom stereocenters. The molecular weight excluding hydrogens is 286 g/mol. The lowest BCUT2D eigenvalue weighted by Gasteiger charge is -2.28. The number of hydrogen-bond donors (Lipinski definition) is 2. The van der Waals surface area contributed by atoms with E-state index in [-0.39, 0.29) is 12.6 Å². The molecule has 0 aromatic heterocycles. The zero-order valence-corrected chi connectivity index (χ0v) is 12.2. The summed E-state index contributed by atoms with van der Waals surface area (Å²) in [6, 6.07) is 7.38. The molecule has 1 aromatic rings. The van der Waals surface area contributed by atoms with Crippen molar-refractivity contribution in [3.8, 4) is 11.5 Å². The van der Waals surface area contributed by atoms with E-state index in [9.17, 15) is 9.59 Å². The first-order chi connectivity index (χ1) is 10.7. The molecule has 0 spiro atoms. The minimum atomic E-state index is -0.593. The average molecular weight is 305 g/mol. The zero-order chi connectivity index (χ0) is 15.4. The van der Waals surface area contributed by atoms with Crippen molar-refractivity contribution in [2.24, 2.45) is 0 Å². The van der Waals surface area contributed by atoms with Crippen LogP contribution in [0.2, 0.25) is 0 Å². The van der Waals surface area contributed by atoms with Gasteiger partial charge in [0, 0.05) is 26.2 Å². The fraction of sp³-hybridized carbons (Fsp3) is 0.467. The van der Waals surface area contributed by atoms with E-state index in [1.807, 2.05) is 24.3 Å². The van der Waals surface area contributed by atoms with Crippen molar-refractivity contribution in [2.45, 2.75) is 6.10 Å². The second kappa shape index (κ2) is 6.65. The Balaban J connectivity index is 1.48. The summed E-state index contributed by atoms with van der Waals surface area (Å²) in [5, 5.41) is 5.76. The molecule has 3 rings (SSSR count). The standard InChI is InChI=1S/C15H19N3O4/c19-14(15(20)18-7-5-16-6-8-18)17-9-11-10-21-12-3-1-2-4-13(12)22-11/h1-4,11,16H,5-10H2,(H,17,19). The van der Waals surface area contributed by atoms with Gasteiger partial charge in [-0.25, -0.2) is 0 Å². The number of rotatable bonds is 2. The van der Waals surface area contributed by atoms with Gasteiger partial charge in [-0.15, -0.1) is 0 Å². The molecule has 2 amide bonds. The Labute approximate surface area is 128 Å². The summed E-state index contributed by atoms with van der Waals surface area (Å²) in [6.07, 6.45) is -0.297. The third-order valence-corrected chi connectivity index (χ3v) is 3.66. The molecule has 118 valence electrons. The molecule has 0 bridgehead atoms. The number of fused-ring (bicyclic) bond motifs is 1. The lowest BCUT2D eigenvalue weighted by atomic mass is 10.2. The highest BCUT2D eigenvalue weighted by atomic mass is 16.6. The maximum Gasteiger partial charge on any atom is 0.311 e. The second-order valence-corrected chi connectivity index (χ2v) is 5.25. The maximum absolute atomic E-state index is 12.0. The normalized spacial score (nSPS) is 20.4. The van der Waals surface area contributed by atoms with Crippen LogP contribution in [0.4, 0.5) is 0 Å². The van der Waals surface area contributed by atoms with Gasteiger partial charge in [-0.2, -0.15) is 0 Å². The Morgan fingerprint density at radius 3 is 2.73 bits per heavy atom. The SMILES string of the molecule is O=C(NCC1COc2ccccc2O1)C(=O)N1CCNCC1. The summed E-state index contributed by atoms with van der Waals surface area (Å²) in [7, 11) is 0. The lowest BCUT2D eigenvalue weighted by Crippen LogP contribution is -2.52. The summed E-state index contributed by atoms with van der Waals surface area (Å²) >= 11 is 0. The van der Waals surface area contributed by atoms with Crippen LogP contribution in [0.3, 0.4) is 0 Å². The predicted octanol–water partition coefficient (Wildman–Crippen LogP) is -0.626. The topological polar surface area (TPSA) is 79.9 Å². The van der Waals surface area contributed by atoms with Crippen LogP contribution in [-0.4, -0.2) is 62.1 Å². The van der Waals surface area contributed by atoms with E-state index in [0.717, 1.165) is 13.1 Å². The van der Waals surface area contributed by atoms with Crippen LogP contribution in [0.1, 0.15) is 0 Å². The summed E-state index contributed by atoms with van der Waals surface area (Å²) in [6.45, 7) is 3.14. The van der Waals surface area contributed by atoms with Gasteiger partial charge in [0.1, 0.15) is 12.7 Å². The molecule has 1 saturated heterocycles. The van der Waals surface area contributed by atoms with Crippen molar-refractivity contribution in [2.75, 3.05) is 39.3 Å². The van der Waals surface area contributed by atoms with Crippen molar-refractivity contribution in [3.05, 3.63) is 24.3 Å². The molecule has 2 aliphatic heterocycles. The third-order valence-electron chi connectivity index (χ3n) is 3.66. The first-order valence-corrected chi connectivity index (χ1v) is 7.40. The Bertz CT molecular complexity index is 557. The van der Waals surface area contributed by atoms with Crippen molar-refractivity contribution < 1.29 is 19.1 Å². The van der Waals surface area contributed by atoms with Crippen LogP contribution in [0.15, 0.2) is 24.3 Å². The molecule has 7 heteroatoms. The van der Waals surface area contributed by atoms with E-state index < -0.39 is 11.8 Å². The number of nitrogens with zero attached hydrogens (tertiary/aromatic N) is 1. The van der Waals surface area contributed by atoms with Crippen LogP contribution in [0.5, 0.6) is 11.5 Å². The Morgan fingerprint density at radius 1 is 1.23 bits per heavy atom. The van der Waals surface area contributed by atoms with E-state index in [1.165, 1.54) is 0 Å². The highest BCUT2D eigenvalue weighted by Crippen LogP contribution is 2.30. The number of amides is 2. The number of ether oxygens (including phenoxy) is 2. The molecule has 22 heavy (non-hydrogen) atoms. The molecule has 1 fully saturated rings. The highest BCUT2D eigenvalue weighted by molar-refractivity contribution is 6.35. The average Bonchev–Trinajstić information content (AvgIpc) is 2.59. The molecule has 0 radical (unpaired) electrons. The van der Waals surface area contributed by atoms with Crippen molar-refractivity contribution in [1.82, 2.24) is 15.5 Å². The number of hydrogen-bond acceptors (Lipinski definition) is 5. The van der Waals surface area contributed by atoms with Crippen molar-refractivity contribution in [1.29, 1.82) is 0 Å². The number of benzene rings is 1. The number of carbonyl (C=O) groups is 2. The number of nitrogens with one attached hydrogen (secondary N) is 2. The smallest absolute Gasteiger partial charge is 0.311 e. The Morgan fingerprint density at radius 2 is 1.95 bits per heavy atom. The number of piperazine rings is 1. The summed E-state index contributed by atoms with van der Waals surface area (Å²) in [4.78, 5) is 25.4. The molecule has 1 unspecified atom stereocenters. The maximum atomic E-state index is 12.0. The first-order valence-electron chi connectivity index (χ1n) is 7.40. The summed E-state index contributed by atoms with van der Waals surface area (Å²) in [5.74, 6) is 0.270. The molecule has 2 N–H and O–H groups in total. The van der Waals surface area contributed by atoms with E-state index in [4.69, 9.17) is 9.47 Å². The number of carbonyl (C=O) groups excluding carboxylic acids is 2. The van der Waals surface area contributed by atoms with Gasteiger partial charge < -0.3 is 25.0 Å². The van der Waals surface area contributed by atoms with Crippen molar-refractivity contribution >= 4 is 11.8 Å². The van der Waals surface area contributed by atoms with Gasteiger partial charge in [-0.1, -0.05) is 12.1 Å². The van der Waals surface area contributed by atoms with Crippen LogP contribution >= 0.6 is 0 Å². The second-order valence-electron chi connectivity index (χ2n) is 5.25. The Hall–Kier alpha value is -2.28. The predicted molar refractivity (Wildman–Crippen MR) is 78.8 cm³/mol. The molecule has 7 nitrogen and oxygen atoms in total. The zero-order valence-electron chi connectivity index (χ0n) is 12.2. The van der Waals surface area contributed by atoms with E-state index >= 15 is 0 Å². The van der Waals surface area contributed by atoms with Gasteiger partial charge in [0.25, 0.3) is 0 Å². The quantitative estimate of drug-likeness (QED) is 0.712. The van der Waals surface area contributed by atoms with Crippen LogP contribution in [0.25, 0.3) is 0 Å². The van der Waals surface area contributed by atoms with Crippen LogP contribution in [-0.2, 0) is 9.59 Å². The van der Waals surface area contributed by atoms with Gasteiger partial charge >= 0.3 is 11.8 Å². The lowest BCUT2D eigenvalue weighted by molar-refractivity contribution is -0.146. The van der Waals surface area contributed by atoms with E-state index in [0.29, 0.717) is 31.2 Å². The van der Waals surface area contributed by atoms with Gasteiger partial charge in [-0.3, -0.25) is 9.59 Å². The van der Waals surface area contributed by atoms with Gasteiger partial charge in [0.15, 0.2) is 11.5 Å². The van der Waals surface area contributed by atoms with E-state index in [2.05, 4.69) is 10.6 Å². The summed E-state index contributed by atoms with van der Waals surface area (Å²) < 4.78 is 11.3. The third kappa shape index (κ3) is 3.30. The fourth-order valence-corrected chi connectivity index (χ4v) is 2.46. The molecular formula is C15H19N3O4.